The standard InChI is InChI=1S/C18H32N6O3S/c1-2-21-24-17(26)12(19)7-5-6-10-20-15(25)9-4-3-8-14-16-13(11-28-14)22-18(27)23-16/h2,12-14,16H,3-11,19H2,1H3,(H,20,25)(H,24,26)(H2,22,23,27)/b21-2-. The lowest BCUT2D eigenvalue weighted by Crippen LogP contribution is -2.38. The van der Waals surface area contributed by atoms with Crippen molar-refractivity contribution in [2.45, 2.75) is 75.2 Å². The molecule has 4 atom stereocenters. The molecule has 4 unspecified atom stereocenters. The molecule has 0 aromatic rings. The average molecular weight is 413 g/mol. The Bertz CT molecular complexity index is 574. The maximum Gasteiger partial charge on any atom is 0.315 e. The molecule has 2 rings (SSSR count). The fraction of sp³-hybridized carbons (Fsp3) is 0.778. The number of rotatable bonds is 12. The minimum absolute atomic E-state index is 0.0595. The molecule has 4 amide bonds. The van der Waals surface area contributed by atoms with E-state index in [9.17, 15) is 14.4 Å². The van der Waals surface area contributed by atoms with Crippen LogP contribution >= 0.6 is 11.8 Å². The number of nitrogens with two attached hydrogens (primary N) is 1. The van der Waals surface area contributed by atoms with Crippen molar-refractivity contribution in [3.05, 3.63) is 0 Å². The zero-order valence-electron chi connectivity index (χ0n) is 16.4. The van der Waals surface area contributed by atoms with Gasteiger partial charge in [0.15, 0.2) is 0 Å². The van der Waals surface area contributed by atoms with E-state index in [1.54, 1.807) is 6.92 Å². The molecule has 28 heavy (non-hydrogen) atoms. The van der Waals surface area contributed by atoms with Crippen molar-refractivity contribution in [2.24, 2.45) is 10.8 Å². The van der Waals surface area contributed by atoms with Crippen LogP contribution in [0.15, 0.2) is 5.10 Å². The van der Waals surface area contributed by atoms with Crippen molar-refractivity contribution < 1.29 is 14.4 Å². The summed E-state index contributed by atoms with van der Waals surface area (Å²) in [6.45, 7) is 2.31. The van der Waals surface area contributed by atoms with Gasteiger partial charge < -0.3 is 21.7 Å². The van der Waals surface area contributed by atoms with Gasteiger partial charge in [0.25, 0.3) is 5.91 Å². The van der Waals surface area contributed by atoms with Crippen molar-refractivity contribution in [3.63, 3.8) is 0 Å². The second-order valence-electron chi connectivity index (χ2n) is 7.18. The molecule has 0 bridgehead atoms. The van der Waals surface area contributed by atoms with Crippen molar-refractivity contribution in [1.82, 2.24) is 21.4 Å². The molecule has 2 heterocycles. The van der Waals surface area contributed by atoms with Crippen LogP contribution in [0.5, 0.6) is 0 Å². The van der Waals surface area contributed by atoms with Gasteiger partial charge in [-0.3, -0.25) is 9.59 Å². The van der Waals surface area contributed by atoms with Crippen molar-refractivity contribution in [3.8, 4) is 0 Å². The number of thioether (sulfide) groups is 1. The highest BCUT2D eigenvalue weighted by Gasteiger charge is 2.42. The molecule has 2 aliphatic heterocycles. The Kier molecular flexibility index (Phi) is 9.56. The Labute approximate surface area is 170 Å². The Balaban J connectivity index is 1.45. The molecule has 6 N–H and O–H groups in total. The number of nitrogens with one attached hydrogen (secondary N) is 4. The highest BCUT2D eigenvalue weighted by atomic mass is 32.2. The van der Waals surface area contributed by atoms with Crippen LogP contribution < -0.4 is 27.1 Å². The van der Waals surface area contributed by atoms with E-state index in [1.807, 2.05) is 11.8 Å². The van der Waals surface area contributed by atoms with Crippen LogP contribution in [0, 0.1) is 0 Å². The third kappa shape index (κ3) is 7.31. The first-order valence-corrected chi connectivity index (χ1v) is 11.0. The number of fused-ring (bicyclic) bond motifs is 1. The van der Waals surface area contributed by atoms with Gasteiger partial charge in [0.05, 0.1) is 18.1 Å². The first-order chi connectivity index (χ1) is 13.5. The van der Waals surface area contributed by atoms with Gasteiger partial charge in [-0.25, -0.2) is 10.2 Å². The fourth-order valence-electron chi connectivity index (χ4n) is 3.42. The Morgan fingerprint density at radius 3 is 2.93 bits per heavy atom. The molecule has 0 saturated carbocycles. The Morgan fingerprint density at radius 2 is 2.14 bits per heavy atom. The van der Waals surface area contributed by atoms with Gasteiger partial charge in [-0.05, 0) is 39.0 Å². The number of unbranched alkanes of at least 4 members (excludes halogenated alkanes) is 2. The molecule has 2 fully saturated rings. The zero-order valence-corrected chi connectivity index (χ0v) is 17.2. The zero-order chi connectivity index (χ0) is 20.4. The Hall–Kier alpha value is -1.81. The van der Waals surface area contributed by atoms with E-state index in [0.717, 1.165) is 37.9 Å². The maximum absolute atomic E-state index is 11.9. The molecule has 158 valence electrons. The van der Waals surface area contributed by atoms with Crippen LogP contribution in [0.2, 0.25) is 0 Å². The van der Waals surface area contributed by atoms with E-state index in [2.05, 4.69) is 26.5 Å². The van der Waals surface area contributed by atoms with E-state index < -0.39 is 6.04 Å². The van der Waals surface area contributed by atoms with Gasteiger partial charge in [-0.2, -0.15) is 16.9 Å². The summed E-state index contributed by atoms with van der Waals surface area (Å²) in [6.07, 6.45) is 6.99. The molecule has 2 aliphatic rings. The topological polar surface area (TPSA) is 138 Å². The summed E-state index contributed by atoms with van der Waals surface area (Å²) in [4.78, 5) is 34.8. The van der Waals surface area contributed by atoms with Crippen LogP contribution in [0.3, 0.4) is 0 Å². The molecule has 0 aromatic carbocycles. The first-order valence-electron chi connectivity index (χ1n) is 9.99. The number of amides is 4. The SMILES string of the molecule is C/C=N\NC(=O)C(N)CCCCNC(=O)CCCCC1SCC2NC(=O)NC21. The van der Waals surface area contributed by atoms with E-state index in [0.29, 0.717) is 24.6 Å². The van der Waals surface area contributed by atoms with Crippen LogP contribution in [0.1, 0.15) is 51.9 Å². The van der Waals surface area contributed by atoms with E-state index in [-0.39, 0.29) is 29.9 Å². The summed E-state index contributed by atoms with van der Waals surface area (Å²) in [5.41, 5.74) is 8.14. The van der Waals surface area contributed by atoms with Crippen LogP contribution in [0.4, 0.5) is 4.79 Å². The summed E-state index contributed by atoms with van der Waals surface area (Å²) in [5.74, 6) is 0.736. The minimum atomic E-state index is -0.577. The number of carbonyl (C=O) groups excluding carboxylic acids is 3. The van der Waals surface area contributed by atoms with Gasteiger partial charge in [0, 0.05) is 30.2 Å². The number of hydrogen-bond donors (Lipinski definition) is 5. The van der Waals surface area contributed by atoms with E-state index in [1.165, 1.54) is 6.21 Å². The van der Waals surface area contributed by atoms with Crippen molar-refractivity contribution in [1.29, 1.82) is 0 Å². The van der Waals surface area contributed by atoms with Gasteiger partial charge in [0.1, 0.15) is 0 Å². The largest absolute Gasteiger partial charge is 0.356 e. The summed E-state index contributed by atoms with van der Waals surface area (Å²) in [5, 5.41) is 12.9. The quantitative estimate of drug-likeness (QED) is 0.137. The number of nitrogens with zero attached hydrogens (tertiary/aromatic N) is 1. The summed E-state index contributed by atoms with van der Waals surface area (Å²) in [6, 6.07) is -0.152. The monoisotopic (exact) mass is 412 g/mol. The van der Waals surface area contributed by atoms with Crippen LogP contribution in [-0.2, 0) is 9.59 Å². The molecule has 0 radical (unpaired) electrons. The molecule has 2 saturated heterocycles. The van der Waals surface area contributed by atoms with Crippen molar-refractivity contribution in [2.75, 3.05) is 12.3 Å². The van der Waals surface area contributed by atoms with Gasteiger partial charge in [-0.15, -0.1) is 0 Å². The Morgan fingerprint density at radius 1 is 1.32 bits per heavy atom. The van der Waals surface area contributed by atoms with Crippen LogP contribution in [0.25, 0.3) is 0 Å². The van der Waals surface area contributed by atoms with Gasteiger partial charge >= 0.3 is 6.03 Å². The first kappa shape index (κ1) is 22.5. The molecule has 0 aromatic heterocycles. The summed E-state index contributed by atoms with van der Waals surface area (Å²) >= 11 is 1.90. The molecule has 0 spiro atoms. The number of urea groups is 1. The smallest absolute Gasteiger partial charge is 0.315 e. The number of hydrogen-bond acceptors (Lipinski definition) is 6. The molecular weight excluding hydrogens is 380 g/mol. The second kappa shape index (κ2) is 11.9. The fourth-order valence-corrected chi connectivity index (χ4v) is 4.97. The van der Waals surface area contributed by atoms with Crippen molar-refractivity contribution >= 4 is 35.8 Å². The lowest BCUT2D eigenvalue weighted by molar-refractivity contribution is -0.123. The van der Waals surface area contributed by atoms with Gasteiger partial charge in [0.2, 0.25) is 5.91 Å². The van der Waals surface area contributed by atoms with Crippen LogP contribution in [-0.4, -0.2) is 59.7 Å². The summed E-state index contributed by atoms with van der Waals surface area (Å²) in [7, 11) is 0. The molecule has 9 nitrogen and oxygen atoms in total. The summed E-state index contributed by atoms with van der Waals surface area (Å²) < 4.78 is 0. The normalized spacial score (nSPS) is 24.5. The molecular formula is C18H32N6O3S. The highest BCUT2D eigenvalue weighted by molar-refractivity contribution is 8.00. The third-order valence-electron chi connectivity index (χ3n) is 4.99. The van der Waals surface area contributed by atoms with E-state index >= 15 is 0 Å². The number of hydrazone groups is 1. The van der Waals surface area contributed by atoms with Gasteiger partial charge in [-0.1, -0.05) is 6.42 Å². The maximum atomic E-state index is 11.9. The second-order valence-corrected chi connectivity index (χ2v) is 8.46. The number of carbonyl (C=O) groups is 3. The minimum Gasteiger partial charge on any atom is -0.356 e. The lowest BCUT2D eigenvalue weighted by atomic mass is 10.0. The molecule has 0 aliphatic carbocycles. The predicted octanol–water partition coefficient (Wildman–Crippen LogP) is 0.448. The molecule has 10 heteroatoms. The third-order valence-corrected chi connectivity index (χ3v) is 6.49. The van der Waals surface area contributed by atoms with E-state index in [4.69, 9.17) is 5.73 Å². The highest BCUT2D eigenvalue weighted by Crippen LogP contribution is 2.33. The predicted molar refractivity (Wildman–Crippen MR) is 111 cm³/mol. The average Bonchev–Trinajstić information content (AvgIpc) is 3.22. The lowest BCUT2D eigenvalue weighted by Gasteiger charge is -2.16.